The van der Waals surface area contributed by atoms with Crippen molar-refractivity contribution in [3.8, 4) is 5.75 Å². The van der Waals surface area contributed by atoms with Crippen LogP contribution in [0, 0.1) is 0 Å². The number of benzene rings is 2. The standard InChI is InChI=1S/C18H14F2N4O3/c19-16(20)9-27-15-7-10(17(21)25)5-6-13(15)24-18(26)14-8-22-11-3-1-2-4-12(11)23-14/h1-8,16H,9H2,(H2,21,25)(H,24,26). The van der Waals surface area contributed by atoms with Gasteiger partial charge in [-0.1, -0.05) is 12.1 Å². The van der Waals surface area contributed by atoms with E-state index in [1.807, 2.05) is 0 Å². The molecule has 2 amide bonds. The van der Waals surface area contributed by atoms with Crippen molar-refractivity contribution in [3.05, 3.63) is 59.9 Å². The predicted molar refractivity (Wildman–Crippen MR) is 94.0 cm³/mol. The summed E-state index contributed by atoms with van der Waals surface area (Å²) in [4.78, 5) is 32.1. The van der Waals surface area contributed by atoms with Gasteiger partial charge in [-0.25, -0.2) is 13.8 Å². The van der Waals surface area contributed by atoms with E-state index < -0.39 is 24.8 Å². The van der Waals surface area contributed by atoms with Crippen LogP contribution in [0.4, 0.5) is 14.5 Å². The van der Waals surface area contributed by atoms with Gasteiger partial charge in [-0.3, -0.25) is 14.6 Å². The molecule has 0 spiro atoms. The predicted octanol–water partition coefficient (Wildman–Crippen LogP) is 2.62. The molecule has 0 aliphatic heterocycles. The van der Waals surface area contributed by atoms with Crippen LogP contribution in [0.3, 0.4) is 0 Å². The van der Waals surface area contributed by atoms with E-state index in [4.69, 9.17) is 10.5 Å². The van der Waals surface area contributed by atoms with Crippen LogP contribution in [-0.2, 0) is 0 Å². The second-order valence-electron chi connectivity index (χ2n) is 5.48. The highest BCUT2D eigenvalue weighted by molar-refractivity contribution is 6.04. The lowest BCUT2D eigenvalue weighted by Gasteiger charge is -2.13. The maximum Gasteiger partial charge on any atom is 0.275 e. The lowest BCUT2D eigenvalue weighted by Crippen LogP contribution is -2.17. The molecule has 0 radical (unpaired) electrons. The van der Waals surface area contributed by atoms with E-state index >= 15 is 0 Å². The van der Waals surface area contributed by atoms with E-state index in [1.165, 1.54) is 24.4 Å². The van der Waals surface area contributed by atoms with Crippen LogP contribution in [0.1, 0.15) is 20.8 Å². The summed E-state index contributed by atoms with van der Waals surface area (Å²) in [6.07, 6.45) is -1.42. The number of amides is 2. The first-order chi connectivity index (χ1) is 12.9. The van der Waals surface area contributed by atoms with Crippen molar-refractivity contribution < 1.29 is 23.1 Å². The molecule has 1 heterocycles. The van der Waals surface area contributed by atoms with Crippen molar-refractivity contribution in [3.63, 3.8) is 0 Å². The minimum Gasteiger partial charge on any atom is -0.485 e. The number of alkyl halides is 2. The Morgan fingerprint density at radius 2 is 1.89 bits per heavy atom. The molecule has 0 fully saturated rings. The SMILES string of the molecule is NC(=O)c1ccc(NC(=O)c2cnc3ccccc3n2)c(OCC(F)F)c1. The Hall–Kier alpha value is -3.62. The molecule has 0 bridgehead atoms. The molecule has 0 atom stereocenters. The largest absolute Gasteiger partial charge is 0.485 e. The molecule has 7 nitrogen and oxygen atoms in total. The van der Waals surface area contributed by atoms with E-state index in [1.54, 1.807) is 24.3 Å². The molecule has 0 saturated carbocycles. The van der Waals surface area contributed by atoms with E-state index in [0.29, 0.717) is 11.0 Å². The van der Waals surface area contributed by atoms with E-state index in [9.17, 15) is 18.4 Å². The van der Waals surface area contributed by atoms with Gasteiger partial charge in [0, 0.05) is 5.56 Å². The first-order valence-corrected chi connectivity index (χ1v) is 7.82. The number of para-hydroxylation sites is 2. The Kier molecular flexibility index (Phi) is 5.20. The van der Waals surface area contributed by atoms with Gasteiger partial charge in [0.05, 0.1) is 22.9 Å². The van der Waals surface area contributed by atoms with Crippen molar-refractivity contribution in [1.29, 1.82) is 0 Å². The molecule has 27 heavy (non-hydrogen) atoms. The monoisotopic (exact) mass is 372 g/mol. The number of ether oxygens (including phenoxy) is 1. The maximum absolute atomic E-state index is 12.5. The number of primary amides is 1. The van der Waals surface area contributed by atoms with Crippen molar-refractivity contribution in [2.24, 2.45) is 5.73 Å². The number of anilines is 1. The molecular formula is C18H14F2N4O3. The molecule has 1 aromatic heterocycles. The van der Waals surface area contributed by atoms with E-state index in [-0.39, 0.29) is 22.7 Å². The number of halogens is 2. The van der Waals surface area contributed by atoms with Crippen LogP contribution in [0.2, 0.25) is 0 Å². The van der Waals surface area contributed by atoms with Gasteiger partial charge in [0.25, 0.3) is 12.3 Å². The van der Waals surface area contributed by atoms with Crippen molar-refractivity contribution in [1.82, 2.24) is 9.97 Å². The van der Waals surface area contributed by atoms with Crippen LogP contribution in [0.15, 0.2) is 48.7 Å². The maximum atomic E-state index is 12.5. The molecule has 3 aromatic rings. The fraction of sp³-hybridized carbons (Fsp3) is 0.111. The van der Waals surface area contributed by atoms with E-state index in [0.717, 1.165) is 0 Å². The number of nitrogens with one attached hydrogen (secondary N) is 1. The van der Waals surface area contributed by atoms with Crippen LogP contribution < -0.4 is 15.8 Å². The summed E-state index contributed by atoms with van der Waals surface area (Å²) in [6.45, 7) is -0.902. The number of hydrogen-bond donors (Lipinski definition) is 2. The zero-order chi connectivity index (χ0) is 19.4. The quantitative estimate of drug-likeness (QED) is 0.692. The Balaban J connectivity index is 1.87. The van der Waals surface area contributed by atoms with Gasteiger partial charge in [-0.2, -0.15) is 0 Å². The molecule has 0 aliphatic carbocycles. The third-order valence-corrected chi connectivity index (χ3v) is 3.56. The van der Waals surface area contributed by atoms with Crippen molar-refractivity contribution in [2.75, 3.05) is 11.9 Å². The molecule has 2 aromatic carbocycles. The molecule has 3 N–H and O–H groups in total. The van der Waals surface area contributed by atoms with Gasteiger partial charge in [0.15, 0.2) is 0 Å². The average Bonchev–Trinajstić information content (AvgIpc) is 2.66. The fourth-order valence-electron chi connectivity index (χ4n) is 2.30. The van der Waals surface area contributed by atoms with Crippen molar-refractivity contribution in [2.45, 2.75) is 6.43 Å². The number of hydrogen-bond acceptors (Lipinski definition) is 5. The second kappa shape index (κ2) is 7.73. The highest BCUT2D eigenvalue weighted by atomic mass is 19.3. The highest BCUT2D eigenvalue weighted by Gasteiger charge is 2.15. The Bertz CT molecular complexity index is 1010. The van der Waals surface area contributed by atoms with Gasteiger partial charge in [-0.05, 0) is 30.3 Å². The number of nitrogens with zero attached hydrogens (tertiary/aromatic N) is 2. The number of carbonyl (C=O) groups is 2. The topological polar surface area (TPSA) is 107 Å². The summed E-state index contributed by atoms with van der Waals surface area (Å²) >= 11 is 0. The summed E-state index contributed by atoms with van der Waals surface area (Å²) in [5.74, 6) is -1.47. The first-order valence-electron chi connectivity index (χ1n) is 7.82. The van der Waals surface area contributed by atoms with Crippen molar-refractivity contribution >= 4 is 28.5 Å². The number of rotatable bonds is 6. The molecule has 0 unspecified atom stereocenters. The lowest BCUT2D eigenvalue weighted by molar-refractivity contribution is 0.0821. The minimum absolute atomic E-state index is 0.0347. The average molecular weight is 372 g/mol. The smallest absolute Gasteiger partial charge is 0.275 e. The zero-order valence-corrected chi connectivity index (χ0v) is 13.9. The van der Waals surface area contributed by atoms with Gasteiger partial charge >= 0.3 is 0 Å². The minimum atomic E-state index is -2.72. The molecule has 3 rings (SSSR count). The van der Waals surface area contributed by atoms with Crippen LogP contribution in [0.25, 0.3) is 11.0 Å². The Morgan fingerprint density at radius 3 is 2.59 bits per heavy atom. The normalized spacial score (nSPS) is 10.8. The fourth-order valence-corrected chi connectivity index (χ4v) is 2.30. The first kappa shape index (κ1) is 18.2. The van der Waals surface area contributed by atoms with Gasteiger partial charge in [0.2, 0.25) is 5.91 Å². The summed E-state index contributed by atoms with van der Waals surface area (Å²) in [5, 5.41) is 2.52. The van der Waals surface area contributed by atoms with Crippen LogP contribution in [0.5, 0.6) is 5.75 Å². The Morgan fingerprint density at radius 1 is 1.15 bits per heavy atom. The van der Waals surface area contributed by atoms with Gasteiger partial charge < -0.3 is 15.8 Å². The summed E-state index contributed by atoms with van der Waals surface area (Å²) in [6, 6.07) is 10.9. The highest BCUT2D eigenvalue weighted by Crippen LogP contribution is 2.27. The number of fused-ring (bicyclic) bond motifs is 1. The molecule has 0 saturated heterocycles. The lowest BCUT2D eigenvalue weighted by atomic mass is 10.1. The third-order valence-electron chi connectivity index (χ3n) is 3.56. The number of nitrogens with two attached hydrogens (primary N) is 1. The summed E-state index contributed by atoms with van der Waals surface area (Å²) < 4.78 is 29.9. The van der Waals surface area contributed by atoms with Crippen LogP contribution >= 0.6 is 0 Å². The van der Waals surface area contributed by atoms with Gasteiger partial charge in [0.1, 0.15) is 18.1 Å². The summed E-state index contributed by atoms with van der Waals surface area (Å²) in [5.41, 5.74) is 6.53. The Labute approximate surface area is 152 Å². The molecule has 9 heteroatoms. The van der Waals surface area contributed by atoms with E-state index in [2.05, 4.69) is 15.3 Å². The molecule has 138 valence electrons. The number of aromatic nitrogens is 2. The third kappa shape index (κ3) is 4.32. The van der Waals surface area contributed by atoms with Crippen LogP contribution in [-0.4, -0.2) is 34.8 Å². The molecule has 0 aliphatic rings. The zero-order valence-electron chi connectivity index (χ0n) is 13.9. The molecular weight excluding hydrogens is 358 g/mol. The second-order valence-corrected chi connectivity index (χ2v) is 5.48. The summed E-state index contributed by atoms with van der Waals surface area (Å²) in [7, 11) is 0. The number of carbonyl (C=O) groups excluding carboxylic acids is 2. The van der Waals surface area contributed by atoms with Gasteiger partial charge in [-0.15, -0.1) is 0 Å².